The minimum atomic E-state index is -0.471. The number of carbonyl (C=O) groups is 2. The van der Waals surface area contributed by atoms with Gasteiger partial charge in [-0.1, -0.05) is 12.1 Å². The molecule has 0 saturated carbocycles. The number of ether oxygens (including phenoxy) is 1. The van der Waals surface area contributed by atoms with E-state index in [1.54, 1.807) is 7.11 Å². The van der Waals surface area contributed by atoms with Crippen molar-refractivity contribution in [3.63, 3.8) is 0 Å². The van der Waals surface area contributed by atoms with Gasteiger partial charge in [0.1, 0.15) is 11.8 Å². The van der Waals surface area contributed by atoms with Crippen molar-refractivity contribution < 1.29 is 14.3 Å². The quantitative estimate of drug-likeness (QED) is 0.726. The fraction of sp³-hybridized carbons (Fsp3) is 0.273. The summed E-state index contributed by atoms with van der Waals surface area (Å²) in [4.78, 5) is 22.2. The molecule has 1 aromatic carbocycles. The molecule has 0 spiro atoms. The van der Waals surface area contributed by atoms with Crippen LogP contribution >= 0.6 is 0 Å². The molecule has 0 bridgehead atoms. The topological polar surface area (TPSA) is 67.4 Å². The minimum Gasteiger partial charge on any atom is -0.497 e. The van der Waals surface area contributed by atoms with E-state index in [1.165, 1.54) is 0 Å². The summed E-state index contributed by atoms with van der Waals surface area (Å²) in [5, 5.41) is 4.75. The van der Waals surface area contributed by atoms with Gasteiger partial charge >= 0.3 is 6.03 Å². The Morgan fingerprint density at radius 3 is 2.44 bits per heavy atom. The zero-order chi connectivity index (χ0) is 11.5. The number of amides is 3. The fourth-order valence-electron chi connectivity index (χ4n) is 1.60. The maximum Gasteiger partial charge on any atom is 0.322 e. The summed E-state index contributed by atoms with van der Waals surface area (Å²) in [6.45, 7) is 0. The van der Waals surface area contributed by atoms with Gasteiger partial charge in [-0.25, -0.2) is 4.79 Å². The first-order chi connectivity index (χ1) is 7.69. The van der Waals surface area contributed by atoms with Gasteiger partial charge in [0.2, 0.25) is 0 Å². The van der Waals surface area contributed by atoms with Gasteiger partial charge in [-0.3, -0.25) is 10.1 Å². The van der Waals surface area contributed by atoms with E-state index in [0.29, 0.717) is 6.42 Å². The van der Waals surface area contributed by atoms with Crippen LogP contribution in [-0.2, 0) is 11.2 Å². The van der Waals surface area contributed by atoms with Gasteiger partial charge in [-0.15, -0.1) is 0 Å². The summed E-state index contributed by atoms with van der Waals surface area (Å²) < 4.78 is 5.03. The number of methoxy groups -OCH3 is 1. The minimum absolute atomic E-state index is 0.277. The van der Waals surface area contributed by atoms with Crippen LogP contribution in [0.15, 0.2) is 24.3 Å². The summed E-state index contributed by atoms with van der Waals surface area (Å²) >= 11 is 0. The van der Waals surface area contributed by atoms with E-state index >= 15 is 0 Å². The molecule has 1 aliphatic heterocycles. The molecule has 5 nitrogen and oxygen atoms in total. The predicted molar refractivity (Wildman–Crippen MR) is 57.2 cm³/mol. The number of hydrogen-bond acceptors (Lipinski definition) is 3. The highest BCUT2D eigenvalue weighted by Gasteiger charge is 2.29. The second kappa shape index (κ2) is 4.22. The Labute approximate surface area is 92.8 Å². The number of urea groups is 1. The third kappa shape index (κ3) is 2.13. The molecule has 2 N–H and O–H groups in total. The molecule has 0 aromatic heterocycles. The summed E-state index contributed by atoms with van der Waals surface area (Å²) in [7, 11) is 1.60. The Hall–Kier alpha value is -2.04. The SMILES string of the molecule is COc1ccc(C[C@H]2NC(=O)NC2=O)cc1. The van der Waals surface area contributed by atoms with Crippen LogP contribution in [0, 0.1) is 0 Å². The molecule has 5 heteroatoms. The molecular weight excluding hydrogens is 208 g/mol. The molecule has 1 aromatic rings. The van der Waals surface area contributed by atoms with Crippen LogP contribution in [0.2, 0.25) is 0 Å². The lowest BCUT2D eigenvalue weighted by Crippen LogP contribution is -2.31. The smallest absolute Gasteiger partial charge is 0.322 e. The van der Waals surface area contributed by atoms with Crippen molar-refractivity contribution in [1.29, 1.82) is 0 Å². The first-order valence-corrected chi connectivity index (χ1v) is 4.93. The molecule has 0 unspecified atom stereocenters. The second-order valence-corrected chi connectivity index (χ2v) is 3.57. The summed E-state index contributed by atoms with van der Waals surface area (Å²) in [6, 6.07) is 6.49. The van der Waals surface area contributed by atoms with Crippen molar-refractivity contribution >= 4 is 11.9 Å². The Morgan fingerprint density at radius 2 is 1.94 bits per heavy atom. The van der Waals surface area contributed by atoms with Crippen molar-refractivity contribution in [3.05, 3.63) is 29.8 Å². The van der Waals surface area contributed by atoms with Crippen LogP contribution in [0.25, 0.3) is 0 Å². The molecule has 0 aliphatic carbocycles. The van der Waals surface area contributed by atoms with Crippen molar-refractivity contribution in [2.45, 2.75) is 12.5 Å². The van der Waals surface area contributed by atoms with Crippen LogP contribution in [0.4, 0.5) is 4.79 Å². The fourth-order valence-corrected chi connectivity index (χ4v) is 1.60. The number of carbonyl (C=O) groups excluding carboxylic acids is 2. The van der Waals surface area contributed by atoms with E-state index < -0.39 is 12.1 Å². The van der Waals surface area contributed by atoms with E-state index in [-0.39, 0.29) is 5.91 Å². The molecule has 1 aliphatic rings. The van der Waals surface area contributed by atoms with Crippen LogP contribution in [0.5, 0.6) is 5.75 Å². The lowest BCUT2D eigenvalue weighted by molar-refractivity contribution is -0.120. The highest BCUT2D eigenvalue weighted by atomic mass is 16.5. The standard InChI is InChI=1S/C11H12N2O3/c1-16-8-4-2-7(3-5-8)6-9-10(14)13-11(15)12-9/h2-5,9H,6H2,1H3,(H2,12,13,14,15)/t9-/m1/s1. The molecule has 1 fully saturated rings. The van der Waals surface area contributed by atoms with Crippen LogP contribution in [-0.4, -0.2) is 25.1 Å². The molecule has 1 saturated heterocycles. The van der Waals surface area contributed by atoms with Crippen LogP contribution in [0.1, 0.15) is 5.56 Å². The molecular formula is C11H12N2O3. The highest BCUT2D eigenvalue weighted by molar-refractivity contribution is 6.04. The van der Waals surface area contributed by atoms with E-state index in [4.69, 9.17) is 4.74 Å². The molecule has 84 valence electrons. The van der Waals surface area contributed by atoms with Crippen molar-refractivity contribution in [2.24, 2.45) is 0 Å². The molecule has 3 amide bonds. The van der Waals surface area contributed by atoms with E-state index in [2.05, 4.69) is 10.6 Å². The Morgan fingerprint density at radius 1 is 1.25 bits per heavy atom. The Balaban J connectivity index is 2.03. The van der Waals surface area contributed by atoms with Crippen molar-refractivity contribution in [1.82, 2.24) is 10.6 Å². The maximum atomic E-state index is 11.3. The van der Waals surface area contributed by atoms with Gasteiger partial charge in [0.05, 0.1) is 7.11 Å². The number of nitrogens with one attached hydrogen (secondary N) is 2. The second-order valence-electron chi connectivity index (χ2n) is 3.57. The number of benzene rings is 1. The van der Waals surface area contributed by atoms with Gasteiger partial charge in [0.25, 0.3) is 5.91 Å². The molecule has 1 heterocycles. The van der Waals surface area contributed by atoms with E-state index in [9.17, 15) is 9.59 Å². The first kappa shape index (κ1) is 10.5. The monoisotopic (exact) mass is 220 g/mol. The van der Waals surface area contributed by atoms with Gasteiger partial charge in [-0.05, 0) is 17.7 Å². The molecule has 0 radical (unpaired) electrons. The van der Waals surface area contributed by atoms with Crippen LogP contribution < -0.4 is 15.4 Å². The largest absolute Gasteiger partial charge is 0.497 e. The third-order valence-electron chi connectivity index (χ3n) is 2.46. The zero-order valence-corrected chi connectivity index (χ0v) is 8.82. The third-order valence-corrected chi connectivity index (χ3v) is 2.46. The van der Waals surface area contributed by atoms with Crippen molar-refractivity contribution in [2.75, 3.05) is 7.11 Å². The van der Waals surface area contributed by atoms with Crippen molar-refractivity contribution in [3.8, 4) is 5.75 Å². The average molecular weight is 220 g/mol. The summed E-state index contributed by atoms with van der Waals surface area (Å²) in [5.74, 6) is 0.490. The van der Waals surface area contributed by atoms with E-state index in [1.807, 2.05) is 24.3 Å². The summed E-state index contributed by atoms with van der Waals surface area (Å²) in [5.41, 5.74) is 0.975. The van der Waals surface area contributed by atoms with Gasteiger partial charge in [-0.2, -0.15) is 0 Å². The summed E-state index contributed by atoms with van der Waals surface area (Å²) in [6.07, 6.45) is 0.488. The van der Waals surface area contributed by atoms with Crippen LogP contribution in [0.3, 0.4) is 0 Å². The van der Waals surface area contributed by atoms with Gasteiger partial charge < -0.3 is 10.1 Å². The number of hydrogen-bond donors (Lipinski definition) is 2. The molecule has 1 atom stereocenters. The van der Waals surface area contributed by atoms with Gasteiger partial charge in [0, 0.05) is 6.42 Å². The Bertz CT molecular complexity index is 414. The molecule has 16 heavy (non-hydrogen) atoms. The average Bonchev–Trinajstić information content (AvgIpc) is 2.59. The Kier molecular flexibility index (Phi) is 2.76. The normalized spacial score (nSPS) is 19.2. The lowest BCUT2D eigenvalue weighted by atomic mass is 10.1. The zero-order valence-electron chi connectivity index (χ0n) is 8.82. The number of imide groups is 1. The first-order valence-electron chi connectivity index (χ1n) is 4.93. The van der Waals surface area contributed by atoms with Gasteiger partial charge in [0.15, 0.2) is 0 Å². The lowest BCUT2D eigenvalue weighted by Gasteiger charge is -2.07. The molecule has 2 rings (SSSR count). The predicted octanol–water partition coefficient (Wildman–Crippen LogP) is 0.446. The number of rotatable bonds is 3. The van der Waals surface area contributed by atoms with E-state index in [0.717, 1.165) is 11.3 Å². The maximum absolute atomic E-state index is 11.3. The highest BCUT2D eigenvalue weighted by Crippen LogP contribution is 2.13.